The highest BCUT2D eigenvalue weighted by atomic mass is 35.5. The van der Waals surface area contributed by atoms with Crippen LogP contribution in [0.2, 0.25) is 5.02 Å². The fourth-order valence-corrected chi connectivity index (χ4v) is 5.87. The Bertz CT molecular complexity index is 1620. The van der Waals surface area contributed by atoms with Crippen molar-refractivity contribution in [3.63, 3.8) is 0 Å². The van der Waals surface area contributed by atoms with Gasteiger partial charge in [-0.05, 0) is 49.6 Å². The number of alkyl halides is 2. The molecule has 2 atom stereocenters. The standard InChI is InChI=1S/C31H26ClF4N5O3.CH4/c32-24-4-2-1-3-23(24)28(29(43)39-21-7-10-31(35,36)11-8-21)40(22-15-19(33)14-20(34)16-22)30(44)25-5-6-27(42)41(25)26-13-18(17-37)9-12-38-26;/h1-4,9,12-16,21,25,28H,5-8,10-11H2,(H,39,43);1H4/t25-,28-;/m0./s1. The molecule has 2 aromatic carbocycles. The summed E-state index contributed by atoms with van der Waals surface area (Å²) in [5.41, 5.74) is -0.0524. The van der Waals surface area contributed by atoms with E-state index in [0.717, 1.165) is 21.9 Å². The van der Waals surface area contributed by atoms with Gasteiger partial charge in [0.1, 0.15) is 29.5 Å². The number of carbonyl (C=O) groups excluding carboxylic acids is 3. The molecule has 13 heteroatoms. The van der Waals surface area contributed by atoms with Gasteiger partial charge in [-0.3, -0.25) is 24.2 Å². The van der Waals surface area contributed by atoms with Crippen LogP contribution in [-0.4, -0.2) is 40.7 Å². The van der Waals surface area contributed by atoms with Gasteiger partial charge in [0.15, 0.2) is 0 Å². The minimum absolute atomic E-state index is 0. The summed E-state index contributed by atoms with van der Waals surface area (Å²) in [7, 11) is 0. The van der Waals surface area contributed by atoms with Gasteiger partial charge in [-0.25, -0.2) is 22.5 Å². The zero-order valence-corrected chi connectivity index (χ0v) is 23.9. The zero-order valence-electron chi connectivity index (χ0n) is 23.2. The van der Waals surface area contributed by atoms with Crippen molar-refractivity contribution < 1.29 is 31.9 Å². The molecule has 2 heterocycles. The molecule has 3 amide bonds. The number of pyridine rings is 1. The van der Waals surface area contributed by atoms with Crippen LogP contribution in [0.5, 0.6) is 0 Å². The SMILES string of the molecule is C.N#Cc1ccnc(N2C(=O)CC[C@H]2C(=O)N(c2cc(F)cc(F)c2)[C@H](C(=O)NC2CCC(F)(F)CC2)c2ccccc2Cl)c1. The highest BCUT2D eigenvalue weighted by molar-refractivity contribution is 6.31. The van der Waals surface area contributed by atoms with Gasteiger partial charge in [-0.2, -0.15) is 5.26 Å². The molecule has 236 valence electrons. The summed E-state index contributed by atoms with van der Waals surface area (Å²) in [4.78, 5) is 47.8. The molecule has 0 spiro atoms. The third-order valence-electron chi connectivity index (χ3n) is 7.75. The van der Waals surface area contributed by atoms with Gasteiger partial charge in [-0.1, -0.05) is 37.2 Å². The van der Waals surface area contributed by atoms with E-state index in [1.807, 2.05) is 6.07 Å². The lowest BCUT2D eigenvalue weighted by Gasteiger charge is -2.37. The molecule has 2 aliphatic rings. The first kappa shape index (κ1) is 33.4. The number of hydrogen-bond acceptors (Lipinski definition) is 5. The number of amides is 3. The molecule has 45 heavy (non-hydrogen) atoms. The highest BCUT2D eigenvalue weighted by Gasteiger charge is 2.45. The minimum atomic E-state index is -2.86. The molecule has 0 bridgehead atoms. The number of anilines is 2. The molecular formula is C32H30ClF4N5O3. The Morgan fingerprint density at radius 1 is 1.07 bits per heavy atom. The van der Waals surface area contributed by atoms with Crippen LogP contribution in [-0.2, 0) is 14.4 Å². The number of nitriles is 1. The number of benzene rings is 2. The molecule has 0 unspecified atom stereocenters. The largest absolute Gasteiger partial charge is 0.351 e. The maximum atomic E-state index is 14.6. The van der Waals surface area contributed by atoms with Crippen molar-refractivity contribution in [3.05, 3.63) is 88.6 Å². The van der Waals surface area contributed by atoms with Gasteiger partial charge in [0.25, 0.3) is 5.91 Å². The molecule has 1 saturated carbocycles. The topological polar surface area (TPSA) is 106 Å². The van der Waals surface area contributed by atoms with Crippen LogP contribution in [0.15, 0.2) is 60.8 Å². The van der Waals surface area contributed by atoms with Crippen LogP contribution < -0.4 is 15.1 Å². The van der Waals surface area contributed by atoms with Crippen molar-refractivity contribution in [1.29, 1.82) is 5.26 Å². The third kappa shape index (κ3) is 7.26. The van der Waals surface area contributed by atoms with Crippen LogP contribution in [0.25, 0.3) is 0 Å². The van der Waals surface area contributed by atoms with Gasteiger partial charge in [0.2, 0.25) is 17.7 Å². The summed E-state index contributed by atoms with van der Waals surface area (Å²) in [6, 6.07) is 9.56. The van der Waals surface area contributed by atoms with Crippen molar-refractivity contribution in [2.24, 2.45) is 0 Å². The monoisotopic (exact) mass is 643 g/mol. The van der Waals surface area contributed by atoms with E-state index in [-0.39, 0.29) is 60.8 Å². The predicted molar refractivity (Wildman–Crippen MR) is 160 cm³/mol. The summed E-state index contributed by atoms with van der Waals surface area (Å²) in [6.07, 6.45) is 0.248. The Balaban J connectivity index is 0.00000461. The number of carbonyl (C=O) groups is 3. The van der Waals surface area contributed by atoms with Gasteiger partial charge >= 0.3 is 0 Å². The van der Waals surface area contributed by atoms with Gasteiger partial charge in [0, 0.05) is 48.2 Å². The van der Waals surface area contributed by atoms with Crippen molar-refractivity contribution in [1.82, 2.24) is 10.3 Å². The second-order valence-electron chi connectivity index (χ2n) is 10.7. The molecule has 1 aliphatic carbocycles. The summed E-state index contributed by atoms with van der Waals surface area (Å²) >= 11 is 6.51. The molecule has 8 nitrogen and oxygen atoms in total. The van der Waals surface area contributed by atoms with Gasteiger partial charge in [0.05, 0.1) is 17.3 Å². The second kappa shape index (κ2) is 13.6. The smallest absolute Gasteiger partial charge is 0.251 e. The number of hydrogen-bond donors (Lipinski definition) is 1. The second-order valence-corrected chi connectivity index (χ2v) is 11.1. The first-order valence-electron chi connectivity index (χ1n) is 13.9. The number of nitrogens with one attached hydrogen (secondary N) is 1. The maximum Gasteiger partial charge on any atom is 0.251 e. The fourth-order valence-electron chi connectivity index (χ4n) is 5.63. The third-order valence-corrected chi connectivity index (χ3v) is 8.10. The van der Waals surface area contributed by atoms with Crippen LogP contribution in [0.3, 0.4) is 0 Å². The van der Waals surface area contributed by atoms with E-state index in [1.165, 1.54) is 30.5 Å². The van der Waals surface area contributed by atoms with Gasteiger partial charge < -0.3 is 5.32 Å². The van der Waals surface area contributed by atoms with Crippen molar-refractivity contribution in [2.45, 2.75) is 70.0 Å². The van der Waals surface area contributed by atoms with Crippen LogP contribution >= 0.6 is 11.6 Å². The predicted octanol–water partition coefficient (Wildman–Crippen LogP) is 6.48. The number of rotatable bonds is 7. The summed E-state index contributed by atoms with van der Waals surface area (Å²) < 4.78 is 56.9. The van der Waals surface area contributed by atoms with E-state index in [2.05, 4.69) is 10.3 Å². The fraction of sp³-hybridized carbons (Fsp3) is 0.344. The molecule has 2 fully saturated rings. The molecule has 1 saturated heterocycles. The highest BCUT2D eigenvalue weighted by Crippen LogP contribution is 2.38. The lowest BCUT2D eigenvalue weighted by Crippen LogP contribution is -2.53. The minimum Gasteiger partial charge on any atom is -0.351 e. The van der Waals surface area contributed by atoms with Crippen molar-refractivity contribution >= 4 is 40.8 Å². The Kier molecular flexibility index (Phi) is 10.1. The Hall–Kier alpha value is -4.50. The molecule has 1 aliphatic heterocycles. The average Bonchev–Trinajstić information content (AvgIpc) is 3.38. The van der Waals surface area contributed by atoms with E-state index in [4.69, 9.17) is 11.6 Å². The summed E-state index contributed by atoms with van der Waals surface area (Å²) in [5, 5.41) is 12.1. The maximum absolute atomic E-state index is 14.6. The summed E-state index contributed by atoms with van der Waals surface area (Å²) in [6.45, 7) is 0. The Morgan fingerprint density at radius 3 is 2.38 bits per heavy atom. The molecule has 0 radical (unpaired) electrons. The van der Waals surface area contributed by atoms with Crippen LogP contribution in [0, 0.1) is 23.0 Å². The normalized spacial score (nSPS) is 18.4. The molecular weight excluding hydrogens is 614 g/mol. The van der Waals surface area contributed by atoms with E-state index < -0.39 is 66.2 Å². The van der Waals surface area contributed by atoms with E-state index in [9.17, 15) is 37.2 Å². The first-order valence-corrected chi connectivity index (χ1v) is 14.3. The lowest BCUT2D eigenvalue weighted by molar-refractivity contribution is -0.128. The number of aromatic nitrogens is 1. The molecule has 3 aromatic rings. The van der Waals surface area contributed by atoms with E-state index in [1.54, 1.807) is 12.1 Å². The zero-order chi connectivity index (χ0) is 31.6. The molecule has 1 N–H and O–H groups in total. The Labute approximate surface area is 262 Å². The summed E-state index contributed by atoms with van der Waals surface area (Å²) in [5.74, 6) is -7.09. The number of nitrogens with zero attached hydrogens (tertiary/aromatic N) is 4. The van der Waals surface area contributed by atoms with Crippen LogP contribution in [0.1, 0.15) is 63.1 Å². The van der Waals surface area contributed by atoms with Gasteiger partial charge in [-0.15, -0.1) is 0 Å². The Morgan fingerprint density at radius 2 is 1.73 bits per heavy atom. The van der Waals surface area contributed by atoms with Crippen molar-refractivity contribution in [3.8, 4) is 6.07 Å². The molecule has 5 rings (SSSR count). The average molecular weight is 644 g/mol. The molecule has 1 aromatic heterocycles. The van der Waals surface area contributed by atoms with E-state index >= 15 is 0 Å². The first-order chi connectivity index (χ1) is 21.0. The quantitative estimate of drug-likeness (QED) is 0.297. The van der Waals surface area contributed by atoms with E-state index in [0.29, 0.717) is 6.07 Å². The van der Waals surface area contributed by atoms with Crippen molar-refractivity contribution in [2.75, 3.05) is 9.80 Å². The number of halogens is 5. The lowest BCUT2D eigenvalue weighted by atomic mass is 9.91. The van der Waals surface area contributed by atoms with Crippen LogP contribution in [0.4, 0.5) is 29.1 Å².